The van der Waals surface area contributed by atoms with Crippen molar-refractivity contribution in [2.75, 3.05) is 5.43 Å². The Morgan fingerprint density at radius 1 is 1.38 bits per heavy atom. The Kier molecular flexibility index (Phi) is 2.97. The summed E-state index contributed by atoms with van der Waals surface area (Å²) in [5, 5.41) is 0. The van der Waals surface area contributed by atoms with Crippen molar-refractivity contribution in [3.8, 4) is 5.75 Å². The summed E-state index contributed by atoms with van der Waals surface area (Å²) >= 11 is 0. The van der Waals surface area contributed by atoms with Crippen LogP contribution >= 0.6 is 0 Å². The molecule has 72 valence electrons. The molecule has 0 spiro atoms. The van der Waals surface area contributed by atoms with E-state index in [2.05, 4.69) is 4.74 Å². The molecule has 0 aromatic heterocycles. The lowest BCUT2D eigenvalue weighted by Crippen LogP contribution is -2.10. The zero-order chi connectivity index (χ0) is 9.84. The molecule has 0 aliphatic heterocycles. The second-order valence-corrected chi connectivity index (χ2v) is 2.14. The lowest BCUT2D eigenvalue weighted by atomic mass is 10.3. The first-order chi connectivity index (χ1) is 6.15. The largest absolute Gasteiger partial charge is 0.432 e. The van der Waals surface area contributed by atoms with Gasteiger partial charge in [-0.1, -0.05) is 6.07 Å². The SMILES string of the molecule is NNc1cccc(OC(F)F)c1F. The molecule has 1 rings (SSSR count). The molecule has 0 bridgehead atoms. The van der Waals surface area contributed by atoms with Crippen LogP contribution in [0.2, 0.25) is 0 Å². The molecule has 0 radical (unpaired) electrons. The minimum atomic E-state index is -3.05. The maximum Gasteiger partial charge on any atom is 0.387 e. The smallest absolute Gasteiger partial charge is 0.387 e. The highest BCUT2D eigenvalue weighted by atomic mass is 19.3. The topological polar surface area (TPSA) is 47.3 Å². The lowest BCUT2D eigenvalue weighted by molar-refractivity contribution is -0.0521. The molecular weight excluding hydrogens is 185 g/mol. The van der Waals surface area contributed by atoms with E-state index in [4.69, 9.17) is 5.84 Å². The van der Waals surface area contributed by atoms with Crippen LogP contribution in [0.5, 0.6) is 5.75 Å². The molecule has 0 aliphatic rings. The van der Waals surface area contributed by atoms with Crippen molar-refractivity contribution in [3.63, 3.8) is 0 Å². The van der Waals surface area contributed by atoms with Crippen molar-refractivity contribution in [1.82, 2.24) is 0 Å². The van der Waals surface area contributed by atoms with Gasteiger partial charge in [-0.15, -0.1) is 0 Å². The van der Waals surface area contributed by atoms with Gasteiger partial charge in [0, 0.05) is 0 Å². The molecule has 0 saturated heterocycles. The quantitative estimate of drug-likeness (QED) is 0.566. The minimum Gasteiger partial charge on any atom is -0.432 e. The van der Waals surface area contributed by atoms with Crippen LogP contribution in [0.1, 0.15) is 0 Å². The molecule has 1 aromatic rings. The van der Waals surface area contributed by atoms with Gasteiger partial charge in [0.1, 0.15) is 0 Å². The molecular formula is C7H7F3N2O. The monoisotopic (exact) mass is 192 g/mol. The van der Waals surface area contributed by atoms with Gasteiger partial charge in [-0.3, -0.25) is 5.84 Å². The molecule has 1 aromatic carbocycles. The highest BCUT2D eigenvalue weighted by Gasteiger charge is 2.12. The van der Waals surface area contributed by atoms with Gasteiger partial charge in [-0.05, 0) is 12.1 Å². The minimum absolute atomic E-state index is 0.0989. The zero-order valence-electron chi connectivity index (χ0n) is 6.43. The highest BCUT2D eigenvalue weighted by molar-refractivity contribution is 5.49. The number of halogens is 3. The summed E-state index contributed by atoms with van der Waals surface area (Å²) in [6.45, 7) is -3.05. The molecule has 0 heterocycles. The van der Waals surface area contributed by atoms with Crippen LogP contribution in [0.3, 0.4) is 0 Å². The highest BCUT2D eigenvalue weighted by Crippen LogP contribution is 2.24. The third-order valence-corrected chi connectivity index (χ3v) is 1.33. The molecule has 0 amide bonds. The average molecular weight is 192 g/mol. The van der Waals surface area contributed by atoms with Gasteiger partial charge in [0.05, 0.1) is 5.69 Å². The number of nitrogen functional groups attached to an aromatic ring is 1. The van der Waals surface area contributed by atoms with Gasteiger partial charge in [-0.25, -0.2) is 4.39 Å². The fourth-order valence-electron chi connectivity index (χ4n) is 0.809. The normalized spacial score (nSPS) is 10.2. The van der Waals surface area contributed by atoms with Crippen LogP contribution in [0, 0.1) is 5.82 Å². The predicted octanol–water partition coefficient (Wildman–Crippen LogP) is 1.71. The van der Waals surface area contributed by atoms with E-state index < -0.39 is 18.2 Å². The van der Waals surface area contributed by atoms with Crippen molar-refractivity contribution in [2.24, 2.45) is 5.84 Å². The van der Waals surface area contributed by atoms with Gasteiger partial charge >= 0.3 is 6.61 Å². The number of hydrogen-bond acceptors (Lipinski definition) is 3. The predicted molar refractivity (Wildman–Crippen MR) is 40.8 cm³/mol. The summed E-state index contributed by atoms with van der Waals surface area (Å²) in [6.07, 6.45) is 0. The second-order valence-electron chi connectivity index (χ2n) is 2.14. The van der Waals surface area contributed by atoms with Crippen LogP contribution in [-0.4, -0.2) is 6.61 Å². The molecule has 0 saturated carbocycles. The van der Waals surface area contributed by atoms with Gasteiger partial charge in [0.15, 0.2) is 11.6 Å². The van der Waals surface area contributed by atoms with Gasteiger partial charge in [-0.2, -0.15) is 8.78 Å². The average Bonchev–Trinajstić information content (AvgIpc) is 2.08. The van der Waals surface area contributed by atoms with Crippen molar-refractivity contribution in [3.05, 3.63) is 24.0 Å². The number of benzene rings is 1. The van der Waals surface area contributed by atoms with Crippen molar-refractivity contribution in [2.45, 2.75) is 6.61 Å². The van der Waals surface area contributed by atoms with E-state index in [9.17, 15) is 13.2 Å². The lowest BCUT2D eigenvalue weighted by Gasteiger charge is -2.08. The van der Waals surface area contributed by atoms with Crippen LogP contribution in [-0.2, 0) is 0 Å². The molecule has 6 heteroatoms. The zero-order valence-corrected chi connectivity index (χ0v) is 6.43. The van der Waals surface area contributed by atoms with Crippen LogP contribution in [0.15, 0.2) is 18.2 Å². The number of nitrogens with two attached hydrogens (primary N) is 1. The fourth-order valence-corrected chi connectivity index (χ4v) is 0.809. The molecule has 3 nitrogen and oxygen atoms in total. The van der Waals surface area contributed by atoms with E-state index in [1.165, 1.54) is 12.1 Å². The van der Waals surface area contributed by atoms with E-state index in [0.717, 1.165) is 6.07 Å². The molecule has 0 unspecified atom stereocenters. The molecule has 0 aliphatic carbocycles. The fraction of sp³-hybridized carbons (Fsp3) is 0.143. The number of anilines is 1. The summed E-state index contributed by atoms with van der Waals surface area (Å²) in [4.78, 5) is 0. The molecule has 0 fully saturated rings. The first-order valence-corrected chi connectivity index (χ1v) is 3.35. The summed E-state index contributed by atoms with van der Waals surface area (Å²) in [6, 6.07) is 3.73. The van der Waals surface area contributed by atoms with E-state index in [-0.39, 0.29) is 5.69 Å². The van der Waals surface area contributed by atoms with Crippen LogP contribution < -0.4 is 16.0 Å². The Morgan fingerprint density at radius 3 is 2.62 bits per heavy atom. The van der Waals surface area contributed by atoms with Gasteiger partial charge in [0.25, 0.3) is 0 Å². The summed E-state index contributed by atoms with van der Waals surface area (Å²) in [7, 11) is 0. The summed E-state index contributed by atoms with van der Waals surface area (Å²) in [5.41, 5.74) is 1.91. The maximum absolute atomic E-state index is 13.0. The van der Waals surface area contributed by atoms with Gasteiger partial charge in [0.2, 0.25) is 0 Å². The number of alkyl halides is 2. The second kappa shape index (κ2) is 3.99. The Hall–Kier alpha value is -1.43. The van der Waals surface area contributed by atoms with Crippen molar-refractivity contribution >= 4 is 5.69 Å². The Morgan fingerprint density at radius 2 is 2.08 bits per heavy atom. The maximum atomic E-state index is 13.0. The number of hydrazine groups is 1. The molecule has 13 heavy (non-hydrogen) atoms. The number of hydrogen-bond donors (Lipinski definition) is 2. The molecule has 0 atom stereocenters. The van der Waals surface area contributed by atoms with Crippen molar-refractivity contribution < 1.29 is 17.9 Å². The van der Waals surface area contributed by atoms with Crippen LogP contribution in [0.25, 0.3) is 0 Å². The number of ether oxygens (including phenoxy) is 1. The first-order valence-electron chi connectivity index (χ1n) is 3.35. The summed E-state index contributed by atoms with van der Waals surface area (Å²) in [5.74, 6) is 3.44. The van der Waals surface area contributed by atoms with E-state index >= 15 is 0 Å². The third-order valence-electron chi connectivity index (χ3n) is 1.33. The van der Waals surface area contributed by atoms with Crippen molar-refractivity contribution in [1.29, 1.82) is 0 Å². The summed E-state index contributed by atoms with van der Waals surface area (Å²) < 4.78 is 40.3. The van der Waals surface area contributed by atoms with E-state index in [1.807, 2.05) is 5.43 Å². The number of nitrogens with one attached hydrogen (secondary N) is 1. The first kappa shape index (κ1) is 9.66. The molecule has 3 N–H and O–H groups in total. The number of rotatable bonds is 3. The Labute approximate surface area is 72.3 Å². The van der Waals surface area contributed by atoms with Gasteiger partial charge < -0.3 is 10.2 Å². The van der Waals surface area contributed by atoms with E-state index in [0.29, 0.717) is 0 Å². The Bertz CT molecular complexity index is 293. The van der Waals surface area contributed by atoms with E-state index in [1.54, 1.807) is 0 Å². The van der Waals surface area contributed by atoms with Crippen LogP contribution in [0.4, 0.5) is 18.9 Å². The third kappa shape index (κ3) is 2.25. The Balaban J connectivity index is 2.94. The standard InChI is InChI=1S/C7H7F3N2O/c8-6-4(12-11)2-1-3-5(6)13-7(9)10/h1-3,7,12H,11H2.